The minimum atomic E-state index is -4.48. The van der Waals surface area contributed by atoms with Crippen LogP contribution in [-0.2, 0) is 17.6 Å². The molecule has 2 heterocycles. The molecule has 0 aliphatic rings. The van der Waals surface area contributed by atoms with Gasteiger partial charge in [-0.1, -0.05) is 18.2 Å². The summed E-state index contributed by atoms with van der Waals surface area (Å²) in [5.74, 6) is -0.0296. The standard InChI is InChI=1S/C23H18F3N3O3/c24-23(25,26)16-5-3-7-19(11-16)32-15-22(30)28-17-6-4-8-20(12-17)31-14-18-13-29-10-2-1-9-21(29)27-18/h1-13H,14-15H2,(H,28,30). The second-order valence-electron chi connectivity index (χ2n) is 6.88. The first-order valence-corrected chi connectivity index (χ1v) is 9.62. The zero-order valence-electron chi connectivity index (χ0n) is 16.7. The lowest BCUT2D eigenvalue weighted by Crippen LogP contribution is -2.20. The Labute approximate surface area is 181 Å². The van der Waals surface area contributed by atoms with Gasteiger partial charge in [0.05, 0.1) is 11.3 Å². The fourth-order valence-electron chi connectivity index (χ4n) is 2.99. The van der Waals surface area contributed by atoms with Crippen LogP contribution in [0.2, 0.25) is 0 Å². The highest BCUT2D eigenvalue weighted by Gasteiger charge is 2.30. The van der Waals surface area contributed by atoms with Crippen LogP contribution < -0.4 is 14.8 Å². The Balaban J connectivity index is 1.31. The highest BCUT2D eigenvalue weighted by atomic mass is 19.4. The minimum Gasteiger partial charge on any atom is -0.487 e. The normalized spacial score (nSPS) is 11.3. The molecule has 0 spiro atoms. The lowest BCUT2D eigenvalue weighted by Gasteiger charge is -2.11. The van der Waals surface area contributed by atoms with Gasteiger partial charge in [0.1, 0.15) is 23.8 Å². The van der Waals surface area contributed by atoms with Crippen LogP contribution in [-0.4, -0.2) is 21.9 Å². The number of rotatable bonds is 7. The van der Waals surface area contributed by atoms with Crippen molar-refractivity contribution >= 4 is 17.2 Å². The van der Waals surface area contributed by atoms with Crippen LogP contribution in [0.5, 0.6) is 11.5 Å². The zero-order chi connectivity index (χ0) is 22.6. The second-order valence-corrected chi connectivity index (χ2v) is 6.88. The van der Waals surface area contributed by atoms with Gasteiger partial charge in [-0.3, -0.25) is 4.79 Å². The van der Waals surface area contributed by atoms with E-state index in [1.807, 2.05) is 35.0 Å². The number of nitrogens with zero attached hydrogens (tertiary/aromatic N) is 2. The Morgan fingerprint density at radius 1 is 0.969 bits per heavy atom. The Morgan fingerprint density at radius 3 is 2.53 bits per heavy atom. The van der Waals surface area contributed by atoms with Crippen LogP contribution >= 0.6 is 0 Å². The smallest absolute Gasteiger partial charge is 0.416 e. The third-order valence-electron chi connectivity index (χ3n) is 4.45. The number of carbonyl (C=O) groups excluding carboxylic acids is 1. The maximum Gasteiger partial charge on any atom is 0.416 e. The van der Waals surface area contributed by atoms with E-state index >= 15 is 0 Å². The van der Waals surface area contributed by atoms with E-state index in [1.165, 1.54) is 12.1 Å². The topological polar surface area (TPSA) is 64.9 Å². The Bertz CT molecular complexity index is 1200. The summed E-state index contributed by atoms with van der Waals surface area (Å²) in [4.78, 5) is 16.6. The molecule has 0 saturated carbocycles. The molecule has 0 fully saturated rings. The summed E-state index contributed by atoms with van der Waals surface area (Å²) < 4.78 is 51.1. The minimum absolute atomic E-state index is 0.0421. The molecule has 0 aliphatic carbocycles. The van der Waals surface area contributed by atoms with Gasteiger partial charge in [0.25, 0.3) is 5.91 Å². The molecule has 0 aliphatic heterocycles. The molecular formula is C23H18F3N3O3. The number of halogens is 3. The van der Waals surface area contributed by atoms with Crippen molar-refractivity contribution in [1.82, 2.24) is 9.38 Å². The van der Waals surface area contributed by atoms with Gasteiger partial charge < -0.3 is 19.2 Å². The number of pyridine rings is 1. The number of aromatic nitrogens is 2. The van der Waals surface area contributed by atoms with Crippen molar-refractivity contribution in [3.05, 3.63) is 90.4 Å². The summed E-state index contributed by atoms with van der Waals surface area (Å²) in [6.07, 6.45) is -0.721. The van der Waals surface area contributed by atoms with Crippen LogP contribution in [0.4, 0.5) is 18.9 Å². The van der Waals surface area contributed by atoms with Crippen molar-refractivity contribution in [3.63, 3.8) is 0 Å². The molecule has 1 amide bonds. The SMILES string of the molecule is O=C(COc1cccc(C(F)(F)F)c1)Nc1cccc(OCc2cn3ccccc3n2)c1. The third kappa shape index (κ3) is 5.37. The van der Waals surface area contributed by atoms with Gasteiger partial charge in [-0.05, 0) is 42.5 Å². The predicted octanol–water partition coefficient (Wildman–Crippen LogP) is 4.95. The van der Waals surface area contributed by atoms with E-state index in [9.17, 15) is 18.0 Å². The van der Waals surface area contributed by atoms with E-state index in [0.29, 0.717) is 11.4 Å². The molecular weight excluding hydrogens is 423 g/mol. The molecule has 2 aromatic heterocycles. The first-order chi connectivity index (χ1) is 15.4. The Morgan fingerprint density at radius 2 is 1.75 bits per heavy atom. The second kappa shape index (κ2) is 9.01. The molecule has 4 rings (SSSR count). The van der Waals surface area contributed by atoms with Crippen molar-refractivity contribution in [2.24, 2.45) is 0 Å². The van der Waals surface area contributed by atoms with E-state index in [0.717, 1.165) is 23.5 Å². The number of anilines is 1. The molecule has 0 atom stereocenters. The molecule has 164 valence electrons. The number of benzene rings is 2. The highest BCUT2D eigenvalue weighted by Crippen LogP contribution is 2.31. The van der Waals surface area contributed by atoms with Crippen LogP contribution in [0.15, 0.2) is 79.1 Å². The largest absolute Gasteiger partial charge is 0.487 e. The molecule has 0 radical (unpaired) electrons. The fourth-order valence-corrected chi connectivity index (χ4v) is 2.99. The number of imidazole rings is 1. The number of alkyl halides is 3. The number of hydrogen-bond acceptors (Lipinski definition) is 4. The van der Waals surface area contributed by atoms with Crippen molar-refractivity contribution in [2.75, 3.05) is 11.9 Å². The van der Waals surface area contributed by atoms with Crippen molar-refractivity contribution in [1.29, 1.82) is 0 Å². The van der Waals surface area contributed by atoms with E-state index in [1.54, 1.807) is 24.3 Å². The summed E-state index contributed by atoms with van der Waals surface area (Å²) >= 11 is 0. The van der Waals surface area contributed by atoms with E-state index in [-0.39, 0.29) is 12.4 Å². The number of fused-ring (bicyclic) bond motifs is 1. The summed E-state index contributed by atoms with van der Waals surface area (Å²) in [6.45, 7) is -0.189. The summed E-state index contributed by atoms with van der Waals surface area (Å²) in [7, 11) is 0. The first-order valence-electron chi connectivity index (χ1n) is 9.62. The molecule has 6 nitrogen and oxygen atoms in total. The van der Waals surface area contributed by atoms with E-state index in [4.69, 9.17) is 9.47 Å². The average Bonchev–Trinajstić information content (AvgIpc) is 3.19. The average molecular weight is 441 g/mol. The summed E-state index contributed by atoms with van der Waals surface area (Å²) in [5, 5.41) is 2.63. The van der Waals surface area contributed by atoms with Gasteiger partial charge >= 0.3 is 6.18 Å². The van der Waals surface area contributed by atoms with Gasteiger partial charge in [-0.2, -0.15) is 13.2 Å². The molecule has 4 aromatic rings. The van der Waals surface area contributed by atoms with Gasteiger partial charge in [-0.15, -0.1) is 0 Å². The molecule has 2 aromatic carbocycles. The molecule has 32 heavy (non-hydrogen) atoms. The first kappa shape index (κ1) is 21.2. The van der Waals surface area contributed by atoms with Crippen molar-refractivity contribution < 1.29 is 27.4 Å². The van der Waals surface area contributed by atoms with Gasteiger partial charge in [0, 0.05) is 24.1 Å². The van der Waals surface area contributed by atoms with Gasteiger partial charge in [0.2, 0.25) is 0 Å². The number of amides is 1. The monoisotopic (exact) mass is 441 g/mol. The molecule has 0 bridgehead atoms. The summed E-state index contributed by atoms with van der Waals surface area (Å²) in [5.41, 5.74) is 1.19. The quantitative estimate of drug-likeness (QED) is 0.441. The maximum atomic E-state index is 12.8. The molecule has 0 saturated heterocycles. The lowest BCUT2D eigenvalue weighted by molar-refractivity contribution is -0.137. The van der Waals surface area contributed by atoms with E-state index < -0.39 is 24.3 Å². The number of hydrogen-bond donors (Lipinski definition) is 1. The van der Waals surface area contributed by atoms with E-state index in [2.05, 4.69) is 10.3 Å². The number of ether oxygens (including phenoxy) is 2. The van der Waals surface area contributed by atoms with Gasteiger partial charge in [0.15, 0.2) is 6.61 Å². The van der Waals surface area contributed by atoms with Crippen molar-refractivity contribution in [3.8, 4) is 11.5 Å². The van der Waals surface area contributed by atoms with Crippen LogP contribution in [0.1, 0.15) is 11.3 Å². The zero-order valence-corrected chi connectivity index (χ0v) is 16.7. The Kier molecular flexibility index (Phi) is 5.98. The Hall–Kier alpha value is -4.01. The van der Waals surface area contributed by atoms with Crippen LogP contribution in [0.3, 0.4) is 0 Å². The summed E-state index contributed by atoms with van der Waals surface area (Å²) in [6, 6.07) is 16.8. The predicted molar refractivity (Wildman–Crippen MR) is 112 cm³/mol. The highest BCUT2D eigenvalue weighted by molar-refractivity contribution is 5.92. The molecule has 0 unspecified atom stereocenters. The molecule has 1 N–H and O–H groups in total. The maximum absolute atomic E-state index is 12.8. The number of nitrogens with one attached hydrogen (secondary N) is 1. The van der Waals surface area contributed by atoms with Gasteiger partial charge in [-0.25, -0.2) is 4.98 Å². The van der Waals surface area contributed by atoms with Crippen LogP contribution in [0, 0.1) is 0 Å². The fraction of sp³-hybridized carbons (Fsp3) is 0.130. The third-order valence-corrected chi connectivity index (χ3v) is 4.45. The number of carbonyl (C=O) groups is 1. The molecule has 9 heteroatoms. The van der Waals surface area contributed by atoms with Crippen LogP contribution in [0.25, 0.3) is 5.65 Å². The lowest BCUT2D eigenvalue weighted by atomic mass is 10.2. The van der Waals surface area contributed by atoms with Crippen molar-refractivity contribution in [2.45, 2.75) is 12.8 Å².